The second-order valence-corrected chi connectivity index (χ2v) is 4.15. The number of carbonyl (C=O) groups excluding carboxylic acids is 1. The number of nitro groups is 1. The number of aromatic hydroxyl groups is 1. The molecule has 0 saturated heterocycles. The van der Waals surface area contributed by atoms with Crippen molar-refractivity contribution in [3.8, 4) is 5.75 Å². The lowest BCUT2D eigenvalue weighted by atomic mass is 10.2. The number of anilines is 1. The molecule has 0 saturated carbocycles. The van der Waals surface area contributed by atoms with E-state index in [9.17, 15) is 20.0 Å². The Morgan fingerprint density at radius 3 is 2.62 bits per heavy atom. The van der Waals surface area contributed by atoms with Gasteiger partial charge < -0.3 is 9.84 Å². The topological polar surface area (TPSA) is 102 Å². The van der Waals surface area contributed by atoms with Crippen LogP contribution in [-0.4, -0.2) is 16.1 Å². The van der Waals surface area contributed by atoms with Crippen LogP contribution < -0.4 is 5.32 Å². The van der Waals surface area contributed by atoms with Crippen molar-refractivity contribution in [2.45, 2.75) is 6.61 Å². The Balaban J connectivity index is 1.99. The number of ether oxygens (including phenoxy) is 1. The number of phenolic OH excluding ortho intramolecular Hbond substituents is 1. The fourth-order valence-corrected chi connectivity index (χ4v) is 1.61. The van der Waals surface area contributed by atoms with Crippen LogP contribution in [0.5, 0.6) is 5.75 Å². The highest BCUT2D eigenvalue weighted by atomic mass is 16.6. The van der Waals surface area contributed by atoms with E-state index in [4.69, 9.17) is 4.74 Å². The van der Waals surface area contributed by atoms with Crippen LogP contribution in [0.25, 0.3) is 0 Å². The molecule has 2 aromatic carbocycles. The summed E-state index contributed by atoms with van der Waals surface area (Å²) in [4.78, 5) is 21.6. The summed E-state index contributed by atoms with van der Waals surface area (Å²) in [5.41, 5.74) is 0.476. The number of nitro benzene ring substituents is 1. The minimum absolute atomic E-state index is 0.0579. The van der Waals surface area contributed by atoms with Crippen LogP contribution >= 0.6 is 0 Å². The van der Waals surface area contributed by atoms with Crippen LogP contribution in [0.15, 0.2) is 48.5 Å². The lowest BCUT2D eigenvalue weighted by molar-refractivity contribution is -0.384. The average molecular weight is 288 g/mol. The maximum absolute atomic E-state index is 11.6. The number of phenols is 1. The van der Waals surface area contributed by atoms with Gasteiger partial charge >= 0.3 is 6.09 Å². The minimum atomic E-state index is -0.811. The van der Waals surface area contributed by atoms with E-state index in [0.29, 0.717) is 0 Å². The number of rotatable bonds is 4. The Hall–Kier alpha value is -3.09. The molecule has 0 aliphatic carbocycles. The number of amides is 1. The molecule has 108 valence electrons. The molecule has 7 heteroatoms. The number of hydrogen-bond acceptors (Lipinski definition) is 5. The molecule has 0 radical (unpaired) electrons. The van der Waals surface area contributed by atoms with E-state index >= 15 is 0 Å². The van der Waals surface area contributed by atoms with Gasteiger partial charge in [0, 0.05) is 12.1 Å². The van der Waals surface area contributed by atoms with Crippen LogP contribution in [-0.2, 0) is 11.3 Å². The zero-order chi connectivity index (χ0) is 15.2. The number of nitrogens with one attached hydrogen (secondary N) is 1. The molecule has 2 N–H and O–H groups in total. The van der Waals surface area contributed by atoms with E-state index < -0.39 is 11.0 Å². The highest BCUT2D eigenvalue weighted by Crippen LogP contribution is 2.27. The Kier molecular flexibility index (Phi) is 4.35. The second kappa shape index (κ2) is 6.38. The van der Waals surface area contributed by atoms with Crippen molar-refractivity contribution in [3.63, 3.8) is 0 Å². The lowest BCUT2D eigenvalue weighted by Gasteiger charge is -2.08. The quantitative estimate of drug-likeness (QED) is 0.511. The van der Waals surface area contributed by atoms with Gasteiger partial charge in [-0.15, -0.1) is 0 Å². The van der Waals surface area contributed by atoms with Gasteiger partial charge in [-0.3, -0.25) is 15.4 Å². The molecule has 0 fully saturated rings. The van der Waals surface area contributed by atoms with Crippen molar-refractivity contribution in [2.24, 2.45) is 0 Å². The third-order valence-corrected chi connectivity index (χ3v) is 2.64. The van der Waals surface area contributed by atoms with Crippen molar-refractivity contribution in [1.82, 2.24) is 0 Å². The maximum atomic E-state index is 11.6. The van der Waals surface area contributed by atoms with Crippen LogP contribution in [0.4, 0.5) is 16.2 Å². The smallest absolute Gasteiger partial charge is 0.412 e. The third-order valence-electron chi connectivity index (χ3n) is 2.64. The first kappa shape index (κ1) is 14.3. The van der Waals surface area contributed by atoms with E-state index in [1.807, 2.05) is 18.2 Å². The van der Waals surface area contributed by atoms with Crippen molar-refractivity contribution >= 4 is 17.5 Å². The summed E-state index contributed by atoms with van der Waals surface area (Å²) in [6.07, 6.45) is -0.811. The Morgan fingerprint density at radius 2 is 1.95 bits per heavy atom. The molecule has 0 atom stereocenters. The molecule has 0 aromatic heterocycles. The number of hydrogen-bond donors (Lipinski definition) is 2. The summed E-state index contributed by atoms with van der Waals surface area (Å²) in [5.74, 6) is -0.280. The van der Waals surface area contributed by atoms with Gasteiger partial charge in [0.15, 0.2) is 0 Å². The number of carbonyl (C=O) groups is 1. The fraction of sp³-hybridized carbons (Fsp3) is 0.0714. The predicted molar refractivity (Wildman–Crippen MR) is 75.0 cm³/mol. The first-order valence-electron chi connectivity index (χ1n) is 6.01. The van der Waals surface area contributed by atoms with Gasteiger partial charge in [0.05, 0.1) is 10.6 Å². The van der Waals surface area contributed by atoms with E-state index in [1.165, 1.54) is 0 Å². The van der Waals surface area contributed by atoms with E-state index in [2.05, 4.69) is 5.32 Å². The van der Waals surface area contributed by atoms with Crippen LogP contribution in [0.2, 0.25) is 0 Å². The Bertz CT molecular complexity index is 658. The molecular formula is C14H12N2O5. The van der Waals surface area contributed by atoms with Gasteiger partial charge in [0.2, 0.25) is 0 Å². The maximum Gasteiger partial charge on any atom is 0.412 e. The summed E-state index contributed by atoms with van der Waals surface area (Å²) in [7, 11) is 0. The van der Waals surface area contributed by atoms with Crippen LogP contribution in [0.3, 0.4) is 0 Å². The molecule has 0 bridgehead atoms. The minimum Gasteiger partial charge on any atom is -0.506 e. The SMILES string of the molecule is O=C(Nc1cc([N+](=O)[O-])ccc1O)OCc1ccccc1. The molecule has 21 heavy (non-hydrogen) atoms. The zero-order valence-electron chi connectivity index (χ0n) is 10.9. The summed E-state index contributed by atoms with van der Waals surface area (Å²) in [6.45, 7) is 0.0579. The molecule has 7 nitrogen and oxygen atoms in total. The second-order valence-electron chi connectivity index (χ2n) is 4.15. The fourth-order valence-electron chi connectivity index (χ4n) is 1.61. The molecule has 0 aliphatic rings. The van der Waals surface area contributed by atoms with Gasteiger partial charge in [-0.05, 0) is 11.6 Å². The van der Waals surface area contributed by atoms with Crippen molar-refractivity contribution in [3.05, 3.63) is 64.2 Å². The average Bonchev–Trinajstić information content (AvgIpc) is 2.48. The zero-order valence-corrected chi connectivity index (χ0v) is 10.9. The molecule has 0 spiro atoms. The molecule has 1 amide bonds. The monoisotopic (exact) mass is 288 g/mol. The van der Waals surface area contributed by atoms with Crippen molar-refractivity contribution in [2.75, 3.05) is 5.32 Å². The van der Waals surface area contributed by atoms with Gasteiger partial charge in [0.1, 0.15) is 12.4 Å². The molecule has 0 unspecified atom stereocenters. The van der Waals surface area contributed by atoms with E-state index in [-0.39, 0.29) is 23.7 Å². The first-order chi connectivity index (χ1) is 10.1. The largest absolute Gasteiger partial charge is 0.506 e. The van der Waals surface area contributed by atoms with Crippen LogP contribution in [0.1, 0.15) is 5.56 Å². The van der Waals surface area contributed by atoms with Gasteiger partial charge in [0.25, 0.3) is 5.69 Å². The first-order valence-corrected chi connectivity index (χ1v) is 6.01. The van der Waals surface area contributed by atoms with Crippen LogP contribution in [0, 0.1) is 10.1 Å². The number of benzene rings is 2. The van der Waals surface area contributed by atoms with Crippen molar-refractivity contribution in [1.29, 1.82) is 0 Å². The highest BCUT2D eigenvalue weighted by Gasteiger charge is 2.13. The lowest BCUT2D eigenvalue weighted by Crippen LogP contribution is -2.13. The summed E-state index contributed by atoms with van der Waals surface area (Å²) in [5, 5.41) is 22.5. The summed E-state index contributed by atoms with van der Waals surface area (Å²) in [6, 6.07) is 12.4. The molecule has 2 aromatic rings. The standard InChI is InChI=1S/C14H12N2O5/c17-13-7-6-11(16(19)20)8-12(13)15-14(18)21-9-10-4-2-1-3-5-10/h1-8,17H,9H2,(H,15,18). The number of non-ortho nitro benzene ring substituents is 1. The van der Waals surface area contributed by atoms with Gasteiger partial charge in [-0.2, -0.15) is 0 Å². The number of nitrogens with zero attached hydrogens (tertiary/aromatic N) is 1. The van der Waals surface area contributed by atoms with E-state index in [0.717, 1.165) is 23.8 Å². The molecule has 0 aliphatic heterocycles. The predicted octanol–water partition coefficient (Wildman–Crippen LogP) is 3.05. The molecular weight excluding hydrogens is 276 g/mol. The Labute approximate surface area is 119 Å². The summed E-state index contributed by atoms with van der Waals surface area (Å²) < 4.78 is 4.96. The summed E-state index contributed by atoms with van der Waals surface area (Å²) >= 11 is 0. The van der Waals surface area contributed by atoms with E-state index in [1.54, 1.807) is 12.1 Å². The normalized spacial score (nSPS) is 9.90. The highest BCUT2D eigenvalue weighted by molar-refractivity contribution is 5.87. The molecule has 0 heterocycles. The third kappa shape index (κ3) is 3.93. The van der Waals surface area contributed by atoms with Gasteiger partial charge in [-0.25, -0.2) is 4.79 Å². The van der Waals surface area contributed by atoms with Crippen molar-refractivity contribution < 1.29 is 19.6 Å². The molecule has 2 rings (SSSR count). The Morgan fingerprint density at radius 1 is 1.24 bits per heavy atom. The van der Waals surface area contributed by atoms with Gasteiger partial charge in [-0.1, -0.05) is 30.3 Å².